The molecule has 1 aliphatic carbocycles. The van der Waals surface area contributed by atoms with Gasteiger partial charge in [-0.15, -0.1) is 0 Å². The van der Waals surface area contributed by atoms with E-state index in [2.05, 4.69) is 0 Å². The van der Waals surface area contributed by atoms with Crippen LogP contribution in [0.5, 0.6) is 5.75 Å². The number of nitrogens with zero attached hydrogens (tertiary/aromatic N) is 1. The number of nitrogens with two attached hydrogens (primary N) is 1. The average Bonchev–Trinajstić information content (AvgIpc) is 2.74. The van der Waals surface area contributed by atoms with Crippen LogP contribution in [0.25, 0.3) is 0 Å². The molecule has 4 N–H and O–H groups in total. The van der Waals surface area contributed by atoms with Crippen LogP contribution in [0.1, 0.15) is 31.2 Å². The molecule has 0 radical (unpaired) electrons. The molecular formula is C15H21N3O4S. The van der Waals surface area contributed by atoms with Crippen molar-refractivity contribution in [2.75, 3.05) is 10.8 Å². The van der Waals surface area contributed by atoms with Crippen LogP contribution < -0.4 is 14.8 Å². The standard InChI is InChI=1S/C15H21N3O4S/c16-12-4-2-1-3-11(12)7-10-5-6-13(14(19)8-10)18-9-15(20)17-23(18,21)22/h5-6,8,11-12,19H,1-4,7,9,16H2,(H,17,20)/t11-,12+/m0/s1. The summed E-state index contributed by atoms with van der Waals surface area (Å²) in [7, 11) is -3.91. The second kappa shape index (κ2) is 6.01. The number of hydrogen-bond acceptors (Lipinski definition) is 5. The Morgan fingerprint density at radius 2 is 2.04 bits per heavy atom. The molecule has 3 rings (SSSR count). The zero-order valence-electron chi connectivity index (χ0n) is 12.7. The van der Waals surface area contributed by atoms with Crippen LogP contribution in [0, 0.1) is 5.92 Å². The van der Waals surface area contributed by atoms with E-state index in [0.717, 1.165) is 35.6 Å². The van der Waals surface area contributed by atoms with Crippen molar-refractivity contribution in [1.82, 2.24) is 4.72 Å². The highest BCUT2D eigenvalue weighted by atomic mass is 32.2. The van der Waals surface area contributed by atoms with Gasteiger partial charge < -0.3 is 10.8 Å². The fraction of sp³-hybridized carbons (Fsp3) is 0.533. The lowest BCUT2D eigenvalue weighted by atomic mass is 9.81. The normalized spacial score (nSPS) is 27.0. The highest BCUT2D eigenvalue weighted by Gasteiger charge is 2.35. The molecule has 2 fully saturated rings. The van der Waals surface area contributed by atoms with Crippen LogP contribution in [0.15, 0.2) is 18.2 Å². The monoisotopic (exact) mass is 339 g/mol. The number of anilines is 1. The van der Waals surface area contributed by atoms with Crippen molar-refractivity contribution >= 4 is 21.8 Å². The Labute approximate surface area is 135 Å². The van der Waals surface area contributed by atoms with E-state index in [1.807, 2.05) is 4.72 Å². The number of aromatic hydroxyl groups is 1. The Morgan fingerprint density at radius 3 is 2.65 bits per heavy atom. The minimum atomic E-state index is -3.91. The third kappa shape index (κ3) is 3.28. The van der Waals surface area contributed by atoms with Gasteiger partial charge in [-0.3, -0.25) is 4.79 Å². The number of rotatable bonds is 3. The van der Waals surface area contributed by atoms with Crippen LogP contribution in [0.4, 0.5) is 5.69 Å². The summed E-state index contributed by atoms with van der Waals surface area (Å²) in [6.07, 6.45) is 5.19. The maximum absolute atomic E-state index is 11.8. The fourth-order valence-corrected chi connectivity index (χ4v) is 4.52. The summed E-state index contributed by atoms with van der Waals surface area (Å²) in [5.41, 5.74) is 7.18. The Balaban J connectivity index is 1.80. The maximum Gasteiger partial charge on any atom is 0.326 e. The molecule has 0 spiro atoms. The number of phenolic OH excluding ortho intramolecular Hbond substituents is 1. The minimum Gasteiger partial charge on any atom is -0.506 e. The van der Waals surface area contributed by atoms with E-state index >= 15 is 0 Å². The van der Waals surface area contributed by atoms with Gasteiger partial charge in [0.15, 0.2) is 0 Å². The fourth-order valence-electron chi connectivity index (χ4n) is 3.36. The van der Waals surface area contributed by atoms with Crippen molar-refractivity contribution in [3.05, 3.63) is 23.8 Å². The van der Waals surface area contributed by atoms with E-state index in [9.17, 15) is 18.3 Å². The van der Waals surface area contributed by atoms with E-state index < -0.39 is 16.1 Å². The van der Waals surface area contributed by atoms with E-state index in [4.69, 9.17) is 5.73 Å². The van der Waals surface area contributed by atoms with Gasteiger partial charge in [0.25, 0.3) is 5.91 Å². The Kier molecular flexibility index (Phi) is 4.20. The third-order valence-corrected chi connectivity index (χ3v) is 5.99. The maximum atomic E-state index is 11.8. The number of benzene rings is 1. The Bertz CT molecular complexity index is 719. The number of phenols is 1. The van der Waals surface area contributed by atoms with Crippen LogP contribution in [0.3, 0.4) is 0 Å². The summed E-state index contributed by atoms with van der Waals surface area (Å²) in [5, 5.41) is 10.2. The van der Waals surface area contributed by atoms with E-state index in [-0.39, 0.29) is 24.0 Å². The summed E-state index contributed by atoms with van der Waals surface area (Å²) in [6, 6.07) is 5.06. The smallest absolute Gasteiger partial charge is 0.326 e. The minimum absolute atomic E-state index is 0.111. The van der Waals surface area contributed by atoms with Crippen molar-refractivity contribution in [2.24, 2.45) is 11.7 Å². The molecular weight excluding hydrogens is 318 g/mol. The predicted molar refractivity (Wildman–Crippen MR) is 86.2 cm³/mol. The topological polar surface area (TPSA) is 113 Å². The lowest BCUT2D eigenvalue weighted by Gasteiger charge is -2.28. The molecule has 1 aromatic carbocycles. The second-order valence-electron chi connectivity index (χ2n) is 6.27. The first-order chi connectivity index (χ1) is 10.9. The zero-order chi connectivity index (χ0) is 16.6. The molecule has 1 aromatic rings. The summed E-state index contributed by atoms with van der Waals surface area (Å²) >= 11 is 0. The predicted octanol–water partition coefficient (Wildman–Crippen LogP) is 0.633. The molecule has 1 aliphatic heterocycles. The van der Waals surface area contributed by atoms with Gasteiger partial charge in [0, 0.05) is 6.04 Å². The molecule has 1 saturated carbocycles. The Morgan fingerprint density at radius 1 is 1.30 bits per heavy atom. The number of amides is 1. The van der Waals surface area contributed by atoms with Gasteiger partial charge >= 0.3 is 10.2 Å². The van der Waals surface area contributed by atoms with Gasteiger partial charge in [0.2, 0.25) is 0 Å². The van der Waals surface area contributed by atoms with Crippen LogP contribution >= 0.6 is 0 Å². The molecule has 0 aromatic heterocycles. The molecule has 1 saturated heterocycles. The van der Waals surface area contributed by atoms with Crippen molar-refractivity contribution < 1.29 is 18.3 Å². The van der Waals surface area contributed by atoms with Crippen molar-refractivity contribution in [3.8, 4) is 5.75 Å². The van der Waals surface area contributed by atoms with Gasteiger partial charge in [-0.25, -0.2) is 9.03 Å². The van der Waals surface area contributed by atoms with E-state index in [0.29, 0.717) is 5.92 Å². The quantitative estimate of drug-likeness (QED) is 0.748. The zero-order valence-corrected chi connectivity index (χ0v) is 13.6. The summed E-state index contributed by atoms with van der Waals surface area (Å²) in [5.74, 6) is -0.374. The van der Waals surface area contributed by atoms with Crippen LogP contribution in [0.2, 0.25) is 0 Å². The van der Waals surface area contributed by atoms with Gasteiger partial charge in [-0.2, -0.15) is 8.42 Å². The first kappa shape index (κ1) is 16.1. The van der Waals surface area contributed by atoms with Crippen molar-refractivity contribution in [2.45, 2.75) is 38.1 Å². The van der Waals surface area contributed by atoms with Gasteiger partial charge in [-0.1, -0.05) is 18.9 Å². The summed E-state index contributed by atoms with van der Waals surface area (Å²) < 4.78 is 26.4. The second-order valence-corrected chi connectivity index (χ2v) is 7.87. The summed E-state index contributed by atoms with van der Waals surface area (Å²) in [4.78, 5) is 11.3. The molecule has 1 amide bonds. The molecule has 2 aliphatic rings. The highest BCUT2D eigenvalue weighted by Crippen LogP contribution is 2.33. The van der Waals surface area contributed by atoms with Gasteiger partial charge in [0.1, 0.15) is 12.3 Å². The highest BCUT2D eigenvalue weighted by molar-refractivity contribution is 7.92. The first-order valence-corrected chi connectivity index (χ1v) is 9.21. The summed E-state index contributed by atoms with van der Waals surface area (Å²) in [6.45, 7) is -0.317. The van der Waals surface area contributed by atoms with Crippen molar-refractivity contribution in [3.63, 3.8) is 0 Å². The lowest BCUT2D eigenvalue weighted by molar-refractivity contribution is -0.117. The molecule has 2 atom stereocenters. The largest absolute Gasteiger partial charge is 0.506 e. The van der Waals surface area contributed by atoms with E-state index in [1.165, 1.54) is 12.5 Å². The molecule has 0 unspecified atom stereocenters. The number of carbonyl (C=O) groups excluding carboxylic acids is 1. The first-order valence-electron chi connectivity index (χ1n) is 7.77. The average molecular weight is 339 g/mol. The molecule has 0 bridgehead atoms. The third-order valence-electron chi connectivity index (χ3n) is 4.59. The lowest BCUT2D eigenvalue weighted by Crippen LogP contribution is -2.34. The molecule has 7 nitrogen and oxygen atoms in total. The molecule has 126 valence electrons. The molecule has 8 heteroatoms. The van der Waals surface area contributed by atoms with E-state index in [1.54, 1.807) is 12.1 Å². The number of hydrogen-bond donors (Lipinski definition) is 3. The van der Waals surface area contributed by atoms with Gasteiger partial charge in [-0.05, 0) is 42.9 Å². The number of carbonyl (C=O) groups is 1. The van der Waals surface area contributed by atoms with Crippen molar-refractivity contribution in [1.29, 1.82) is 0 Å². The van der Waals surface area contributed by atoms with Crippen LogP contribution in [-0.4, -0.2) is 32.0 Å². The van der Waals surface area contributed by atoms with Gasteiger partial charge in [0.05, 0.1) is 5.69 Å². The number of nitrogens with one attached hydrogen (secondary N) is 1. The SMILES string of the molecule is N[C@@H]1CCCC[C@H]1Cc1ccc(N2CC(=O)NS2(=O)=O)c(O)c1. The molecule has 23 heavy (non-hydrogen) atoms. The molecule has 1 heterocycles. The van der Waals surface area contributed by atoms with Crippen LogP contribution in [-0.2, 0) is 21.4 Å². The Hall–Kier alpha value is -1.80.